The number of rotatable bonds is 3. The Labute approximate surface area is 128 Å². The zero-order chi connectivity index (χ0) is 14.8. The predicted molar refractivity (Wildman–Crippen MR) is 82.4 cm³/mol. The zero-order valence-corrected chi connectivity index (χ0v) is 12.5. The maximum absolute atomic E-state index is 12.7. The molecule has 2 heterocycles. The fraction of sp³-hybridized carbons (Fsp3) is 0.333. The molecule has 5 nitrogen and oxygen atoms in total. The molecule has 1 saturated heterocycles. The molecule has 1 amide bonds. The number of aromatic amines is 1. The van der Waals surface area contributed by atoms with Gasteiger partial charge in [0.15, 0.2) is 0 Å². The predicted octanol–water partition coefficient (Wildman–Crippen LogP) is 2.16. The summed E-state index contributed by atoms with van der Waals surface area (Å²) in [5.74, 6) is -0.0209. The van der Waals surface area contributed by atoms with Crippen LogP contribution in [0.5, 0.6) is 0 Å². The molecule has 21 heavy (non-hydrogen) atoms. The van der Waals surface area contributed by atoms with Gasteiger partial charge >= 0.3 is 0 Å². The Morgan fingerprint density at radius 1 is 1.48 bits per heavy atom. The van der Waals surface area contributed by atoms with E-state index < -0.39 is 0 Å². The Morgan fingerprint density at radius 2 is 2.33 bits per heavy atom. The van der Waals surface area contributed by atoms with Crippen molar-refractivity contribution in [3.8, 4) is 11.3 Å². The molecule has 1 aliphatic rings. The zero-order valence-electron chi connectivity index (χ0n) is 11.8. The van der Waals surface area contributed by atoms with Crippen molar-refractivity contribution in [1.29, 1.82) is 0 Å². The lowest BCUT2D eigenvalue weighted by Crippen LogP contribution is -2.38. The van der Waals surface area contributed by atoms with E-state index in [1.807, 2.05) is 25.2 Å². The number of likely N-dealkylation sites (N-methyl/N-ethyl adjacent to an activating group) is 1. The maximum atomic E-state index is 12.7. The Hall–Kier alpha value is -1.85. The van der Waals surface area contributed by atoms with Crippen LogP contribution in [-0.2, 0) is 0 Å². The van der Waals surface area contributed by atoms with Crippen LogP contribution in [0.1, 0.15) is 16.8 Å². The van der Waals surface area contributed by atoms with Crippen molar-refractivity contribution >= 4 is 17.5 Å². The molecule has 2 aromatic rings. The average Bonchev–Trinajstić information content (AvgIpc) is 3.16. The van der Waals surface area contributed by atoms with Crippen molar-refractivity contribution in [2.75, 3.05) is 20.1 Å². The van der Waals surface area contributed by atoms with Gasteiger partial charge in [-0.2, -0.15) is 5.10 Å². The van der Waals surface area contributed by atoms with E-state index in [9.17, 15) is 4.79 Å². The van der Waals surface area contributed by atoms with Gasteiger partial charge < -0.3 is 10.2 Å². The molecule has 0 saturated carbocycles. The first-order chi connectivity index (χ1) is 10.2. The summed E-state index contributed by atoms with van der Waals surface area (Å²) in [6, 6.07) is 7.63. The van der Waals surface area contributed by atoms with E-state index in [0.29, 0.717) is 16.3 Å². The summed E-state index contributed by atoms with van der Waals surface area (Å²) in [4.78, 5) is 14.5. The van der Waals surface area contributed by atoms with E-state index in [1.54, 1.807) is 17.2 Å². The summed E-state index contributed by atoms with van der Waals surface area (Å²) in [7, 11) is 1.84. The molecule has 1 aromatic carbocycles. The molecule has 0 spiro atoms. The van der Waals surface area contributed by atoms with E-state index >= 15 is 0 Å². The van der Waals surface area contributed by atoms with Gasteiger partial charge in [-0.15, -0.1) is 0 Å². The Bertz CT molecular complexity index is 649. The van der Waals surface area contributed by atoms with Crippen LogP contribution >= 0.6 is 11.6 Å². The van der Waals surface area contributed by atoms with Crippen LogP contribution in [0.4, 0.5) is 0 Å². The van der Waals surface area contributed by atoms with E-state index in [4.69, 9.17) is 11.6 Å². The van der Waals surface area contributed by atoms with Crippen molar-refractivity contribution in [2.24, 2.45) is 0 Å². The number of nitrogens with one attached hydrogen (secondary N) is 2. The van der Waals surface area contributed by atoms with Crippen LogP contribution in [0.2, 0.25) is 5.02 Å². The summed E-state index contributed by atoms with van der Waals surface area (Å²) in [6.07, 6.45) is 2.56. The molecule has 0 bridgehead atoms. The number of aromatic nitrogens is 2. The number of carbonyl (C=O) groups excluding carboxylic acids is 1. The van der Waals surface area contributed by atoms with E-state index in [0.717, 1.165) is 25.1 Å². The standard InChI is InChI=1S/C15H17ClN4O/c1-20(12-5-6-17-8-12)15(21)13-9-18-19-14(13)10-3-2-4-11(16)7-10/h2-4,7,9,12,17H,5-6,8H2,1H3,(H,18,19). The number of amides is 1. The van der Waals surface area contributed by atoms with Crippen molar-refractivity contribution in [2.45, 2.75) is 12.5 Å². The summed E-state index contributed by atoms with van der Waals surface area (Å²) in [6.45, 7) is 1.79. The van der Waals surface area contributed by atoms with Gasteiger partial charge in [0.25, 0.3) is 5.91 Å². The first kappa shape index (κ1) is 14.1. The van der Waals surface area contributed by atoms with Crippen molar-refractivity contribution in [1.82, 2.24) is 20.4 Å². The fourth-order valence-electron chi connectivity index (χ4n) is 2.64. The van der Waals surface area contributed by atoms with Gasteiger partial charge in [-0.05, 0) is 25.1 Å². The highest BCUT2D eigenvalue weighted by molar-refractivity contribution is 6.30. The van der Waals surface area contributed by atoms with Crippen LogP contribution in [0, 0.1) is 0 Å². The summed E-state index contributed by atoms with van der Waals surface area (Å²) < 4.78 is 0. The third kappa shape index (κ3) is 2.80. The lowest BCUT2D eigenvalue weighted by molar-refractivity contribution is 0.0744. The van der Waals surface area contributed by atoms with Gasteiger partial charge in [0.1, 0.15) is 0 Å². The van der Waals surface area contributed by atoms with Gasteiger partial charge in [0, 0.05) is 30.2 Å². The molecule has 110 valence electrons. The normalized spacial score (nSPS) is 17.9. The van der Waals surface area contributed by atoms with E-state index in [1.165, 1.54) is 0 Å². The van der Waals surface area contributed by atoms with Crippen molar-refractivity contribution in [3.05, 3.63) is 41.0 Å². The summed E-state index contributed by atoms with van der Waals surface area (Å²) >= 11 is 6.02. The Kier molecular flexibility index (Phi) is 3.94. The molecular weight excluding hydrogens is 288 g/mol. The van der Waals surface area contributed by atoms with Gasteiger partial charge in [-0.25, -0.2) is 0 Å². The van der Waals surface area contributed by atoms with Crippen molar-refractivity contribution in [3.63, 3.8) is 0 Å². The van der Waals surface area contributed by atoms with Crippen LogP contribution in [0.15, 0.2) is 30.5 Å². The summed E-state index contributed by atoms with van der Waals surface area (Å²) in [5.41, 5.74) is 2.15. The molecule has 0 aliphatic carbocycles. The second-order valence-electron chi connectivity index (χ2n) is 5.23. The molecule has 6 heteroatoms. The highest BCUT2D eigenvalue weighted by atomic mass is 35.5. The third-order valence-electron chi connectivity index (χ3n) is 3.89. The minimum absolute atomic E-state index is 0.0209. The van der Waals surface area contributed by atoms with Crippen LogP contribution < -0.4 is 5.32 Å². The third-order valence-corrected chi connectivity index (χ3v) is 4.12. The monoisotopic (exact) mass is 304 g/mol. The number of hydrogen-bond donors (Lipinski definition) is 2. The number of hydrogen-bond acceptors (Lipinski definition) is 3. The topological polar surface area (TPSA) is 61.0 Å². The maximum Gasteiger partial charge on any atom is 0.257 e. The second-order valence-corrected chi connectivity index (χ2v) is 5.67. The van der Waals surface area contributed by atoms with Gasteiger partial charge in [-0.3, -0.25) is 9.89 Å². The lowest BCUT2D eigenvalue weighted by atomic mass is 10.1. The number of H-pyrrole nitrogens is 1. The van der Waals surface area contributed by atoms with Gasteiger partial charge in [0.2, 0.25) is 0 Å². The molecule has 1 atom stereocenters. The molecule has 0 radical (unpaired) electrons. The largest absolute Gasteiger partial charge is 0.337 e. The molecule has 1 unspecified atom stereocenters. The highest BCUT2D eigenvalue weighted by Crippen LogP contribution is 2.25. The van der Waals surface area contributed by atoms with Crippen LogP contribution in [-0.4, -0.2) is 47.2 Å². The molecule has 1 aromatic heterocycles. The molecular formula is C15H17ClN4O. The minimum Gasteiger partial charge on any atom is -0.337 e. The molecule has 1 aliphatic heterocycles. The molecule has 1 fully saturated rings. The number of halogens is 1. The SMILES string of the molecule is CN(C(=O)c1cn[nH]c1-c1cccc(Cl)c1)C1CCNC1. The first-order valence-corrected chi connectivity index (χ1v) is 7.32. The van der Waals surface area contributed by atoms with Crippen molar-refractivity contribution < 1.29 is 4.79 Å². The lowest BCUT2D eigenvalue weighted by Gasteiger charge is -2.23. The minimum atomic E-state index is -0.0209. The summed E-state index contributed by atoms with van der Waals surface area (Å²) in [5, 5.41) is 10.8. The molecule has 3 rings (SSSR count). The fourth-order valence-corrected chi connectivity index (χ4v) is 2.83. The van der Waals surface area contributed by atoms with E-state index in [2.05, 4.69) is 15.5 Å². The first-order valence-electron chi connectivity index (χ1n) is 6.94. The quantitative estimate of drug-likeness (QED) is 0.913. The highest BCUT2D eigenvalue weighted by Gasteiger charge is 2.26. The second kappa shape index (κ2) is 5.87. The average molecular weight is 305 g/mol. The van der Waals surface area contributed by atoms with E-state index in [-0.39, 0.29) is 11.9 Å². The van der Waals surface area contributed by atoms with Gasteiger partial charge in [-0.1, -0.05) is 23.7 Å². The van der Waals surface area contributed by atoms with Crippen LogP contribution in [0.3, 0.4) is 0 Å². The number of carbonyl (C=O) groups is 1. The number of benzene rings is 1. The number of nitrogens with zero attached hydrogens (tertiary/aromatic N) is 2. The van der Waals surface area contributed by atoms with Crippen LogP contribution in [0.25, 0.3) is 11.3 Å². The van der Waals surface area contributed by atoms with Gasteiger partial charge in [0.05, 0.1) is 17.5 Å². The smallest absolute Gasteiger partial charge is 0.257 e. The Morgan fingerprint density at radius 3 is 3.05 bits per heavy atom. The molecule has 2 N–H and O–H groups in total. The Balaban J connectivity index is 1.89.